The molecule has 0 aromatic heterocycles. The molecule has 0 spiro atoms. The van der Waals surface area contributed by atoms with Gasteiger partial charge in [-0.15, -0.1) is 0 Å². The number of aliphatic imine (C=N–C) groups is 1. The molecule has 0 saturated carbocycles. The number of carbonyl (C=O) groups excluding carboxylic acids is 2. The summed E-state index contributed by atoms with van der Waals surface area (Å²) in [6, 6.07) is -0.496. The zero-order chi connectivity index (χ0) is 16.2. The van der Waals surface area contributed by atoms with Crippen molar-refractivity contribution in [3.8, 4) is 0 Å². The van der Waals surface area contributed by atoms with Crippen LogP contribution in [0.5, 0.6) is 0 Å². The lowest BCUT2D eigenvalue weighted by Crippen LogP contribution is -2.40. The van der Waals surface area contributed by atoms with Crippen LogP contribution in [0.2, 0.25) is 0 Å². The van der Waals surface area contributed by atoms with Crippen LogP contribution in [0, 0.1) is 0 Å². The number of amides is 1. The molecule has 1 amide bonds. The minimum Gasteiger partial charge on any atom is -0.444 e. The summed E-state index contributed by atoms with van der Waals surface area (Å²) < 4.78 is 17.8. The summed E-state index contributed by atoms with van der Waals surface area (Å²) in [7, 11) is 0. The maximum atomic E-state index is 12.6. The van der Waals surface area contributed by atoms with Gasteiger partial charge in [-0.05, 0) is 33.3 Å². The fraction of sp³-hybridized carbons (Fsp3) is 0.533. The van der Waals surface area contributed by atoms with Crippen LogP contribution in [-0.4, -0.2) is 41.2 Å². The molecule has 5 nitrogen and oxygen atoms in total. The smallest absolute Gasteiger partial charge is 0.411 e. The fourth-order valence-corrected chi connectivity index (χ4v) is 1.86. The summed E-state index contributed by atoms with van der Waals surface area (Å²) in [5.74, 6) is -0.511. The number of hydrogen-bond acceptors (Lipinski definition) is 4. The second-order valence-electron chi connectivity index (χ2n) is 5.94. The molecule has 1 rings (SSSR count). The zero-order valence-corrected chi connectivity index (χ0v) is 12.9. The van der Waals surface area contributed by atoms with Crippen molar-refractivity contribution in [2.75, 3.05) is 6.54 Å². The molecule has 116 valence electrons. The molecule has 0 unspecified atom stereocenters. The minimum atomic E-state index is -0.642. The highest BCUT2D eigenvalue weighted by Gasteiger charge is 2.37. The first-order valence-electron chi connectivity index (χ1n) is 6.65. The monoisotopic (exact) mass is 296 g/mol. The highest BCUT2D eigenvalue weighted by molar-refractivity contribution is 5.92. The zero-order valence-electron chi connectivity index (χ0n) is 12.9. The Morgan fingerprint density at radius 3 is 2.67 bits per heavy atom. The molecular formula is C15H21FN2O3. The summed E-state index contributed by atoms with van der Waals surface area (Å²) in [5, 5.41) is 0. The van der Waals surface area contributed by atoms with Gasteiger partial charge in [-0.25, -0.2) is 9.18 Å². The quantitative estimate of drug-likeness (QED) is 0.752. The molecule has 0 N–H and O–H groups in total. The first-order valence-corrected chi connectivity index (χ1v) is 6.65. The van der Waals surface area contributed by atoms with Gasteiger partial charge in [-0.3, -0.25) is 14.7 Å². The molecule has 0 aliphatic carbocycles. The second kappa shape index (κ2) is 6.65. The third-order valence-electron chi connectivity index (χ3n) is 2.69. The average molecular weight is 296 g/mol. The number of nitrogens with zero attached hydrogens (tertiary/aromatic N) is 2. The number of halogens is 1. The molecule has 1 fully saturated rings. The molecule has 0 bridgehead atoms. The van der Waals surface area contributed by atoms with E-state index in [0.717, 1.165) is 6.20 Å². The van der Waals surface area contributed by atoms with Crippen molar-refractivity contribution in [2.45, 2.75) is 45.8 Å². The number of hydrogen-bond donors (Lipinski definition) is 0. The Kier molecular flexibility index (Phi) is 5.41. The molecular weight excluding hydrogens is 275 g/mol. The standard InChI is InChI=1S/C15H21FN2O3/c1-10(7-17-8-11(2)16)13-6-12(19)9-18(13)14(20)21-15(3,4)5/h7-8,13H,1,6,9H2,2-5H3/b11-8+,17-7-/t13-/m1/s1. The normalized spacial score (nSPS) is 20.2. The molecule has 1 saturated heterocycles. The number of likely N-dealkylation sites (tertiary alicyclic amines) is 1. The van der Waals surface area contributed by atoms with E-state index in [1.165, 1.54) is 18.0 Å². The number of rotatable bonds is 3. The van der Waals surface area contributed by atoms with Crippen molar-refractivity contribution < 1.29 is 18.7 Å². The van der Waals surface area contributed by atoms with Gasteiger partial charge in [0, 0.05) is 12.6 Å². The number of Topliss-reactive ketones (excluding diaryl/α,β-unsaturated/α-hetero) is 1. The van der Waals surface area contributed by atoms with Crippen molar-refractivity contribution >= 4 is 18.1 Å². The van der Waals surface area contributed by atoms with Gasteiger partial charge < -0.3 is 4.74 Å². The SMILES string of the molecule is C=C(/C=N\C=C(/C)F)[C@H]1CC(=O)CN1C(=O)OC(C)(C)C. The van der Waals surface area contributed by atoms with Gasteiger partial charge in [0.05, 0.1) is 18.8 Å². The fourth-order valence-electron chi connectivity index (χ4n) is 1.86. The van der Waals surface area contributed by atoms with Gasteiger partial charge in [-0.2, -0.15) is 0 Å². The largest absolute Gasteiger partial charge is 0.444 e. The summed E-state index contributed by atoms with van der Waals surface area (Å²) in [4.78, 5) is 28.8. The van der Waals surface area contributed by atoms with E-state index in [1.54, 1.807) is 20.8 Å². The molecule has 6 heteroatoms. The molecule has 1 aliphatic rings. The average Bonchev–Trinajstić information content (AvgIpc) is 2.68. The minimum absolute atomic E-state index is 0.00951. The highest BCUT2D eigenvalue weighted by Crippen LogP contribution is 2.22. The molecule has 1 heterocycles. The molecule has 1 aliphatic heterocycles. The predicted molar refractivity (Wildman–Crippen MR) is 78.8 cm³/mol. The Bertz CT molecular complexity index is 500. The van der Waals surface area contributed by atoms with Gasteiger partial charge in [0.25, 0.3) is 0 Å². The lowest BCUT2D eigenvalue weighted by Gasteiger charge is -2.28. The summed E-state index contributed by atoms with van der Waals surface area (Å²) in [6.07, 6.45) is 2.00. The third kappa shape index (κ3) is 5.49. The van der Waals surface area contributed by atoms with Crippen LogP contribution in [0.15, 0.2) is 29.2 Å². The first kappa shape index (κ1) is 17.1. The van der Waals surface area contributed by atoms with Crippen molar-refractivity contribution in [3.63, 3.8) is 0 Å². The van der Waals surface area contributed by atoms with Crippen LogP contribution in [0.1, 0.15) is 34.1 Å². The van der Waals surface area contributed by atoms with Crippen LogP contribution in [0.4, 0.5) is 9.18 Å². The maximum absolute atomic E-state index is 12.6. The summed E-state index contributed by atoms with van der Waals surface area (Å²) in [6.45, 7) is 10.3. The van der Waals surface area contributed by atoms with E-state index in [4.69, 9.17) is 4.74 Å². The Balaban J connectivity index is 2.82. The lowest BCUT2D eigenvalue weighted by molar-refractivity contribution is -0.117. The van der Waals surface area contributed by atoms with Gasteiger partial charge in [0.2, 0.25) is 0 Å². The van der Waals surface area contributed by atoms with Crippen LogP contribution in [0.25, 0.3) is 0 Å². The molecule has 1 atom stereocenters. The Morgan fingerprint density at radius 1 is 1.52 bits per heavy atom. The van der Waals surface area contributed by atoms with Gasteiger partial charge in [0.1, 0.15) is 11.4 Å². The topological polar surface area (TPSA) is 59.0 Å². The van der Waals surface area contributed by atoms with Crippen molar-refractivity contribution in [2.24, 2.45) is 4.99 Å². The maximum Gasteiger partial charge on any atom is 0.411 e. The highest BCUT2D eigenvalue weighted by atomic mass is 19.1. The number of allylic oxidation sites excluding steroid dienone is 1. The Hall–Kier alpha value is -1.98. The van der Waals surface area contributed by atoms with Crippen molar-refractivity contribution in [3.05, 3.63) is 24.2 Å². The number of ether oxygens (including phenoxy) is 1. The first-order chi connectivity index (χ1) is 9.60. The van der Waals surface area contributed by atoms with Crippen LogP contribution >= 0.6 is 0 Å². The number of ketones is 1. The Labute approximate surface area is 124 Å². The summed E-state index contributed by atoms with van der Waals surface area (Å²) >= 11 is 0. The van der Waals surface area contributed by atoms with E-state index in [2.05, 4.69) is 11.6 Å². The van der Waals surface area contributed by atoms with E-state index in [0.29, 0.717) is 5.57 Å². The third-order valence-corrected chi connectivity index (χ3v) is 2.69. The van der Waals surface area contributed by atoms with Gasteiger partial charge >= 0.3 is 6.09 Å². The van der Waals surface area contributed by atoms with Crippen molar-refractivity contribution in [1.29, 1.82) is 0 Å². The molecule has 0 aromatic carbocycles. The van der Waals surface area contributed by atoms with Crippen LogP contribution < -0.4 is 0 Å². The van der Waals surface area contributed by atoms with E-state index >= 15 is 0 Å². The lowest BCUT2D eigenvalue weighted by atomic mass is 10.1. The predicted octanol–water partition coefficient (Wildman–Crippen LogP) is 3.02. The molecule has 0 aromatic rings. The van der Waals surface area contributed by atoms with E-state index < -0.39 is 23.6 Å². The summed E-state index contributed by atoms with van der Waals surface area (Å²) in [5.41, 5.74) is -0.180. The Morgan fingerprint density at radius 2 is 2.14 bits per heavy atom. The van der Waals surface area contributed by atoms with Gasteiger partial charge in [0.15, 0.2) is 5.78 Å². The van der Waals surface area contributed by atoms with Crippen LogP contribution in [0.3, 0.4) is 0 Å². The van der Waals surface area contributed by atoms with Gasteiger partial charge in [-0.1, -0.05) is 6.58 Å². The van der Waals surface area contributed by atoms with Crippen LogP contribution in [-0.2, 0) is 9.53 Å². The van der Waals surface area contributed by atoms with Crippen molar-refractivity contribution in [1.82, 2.24) is 4.90 Å². The second-order valence-corrected chi connectivity index (χ2v) is 5.94. The number of carbonyl (C=O) groups is 2. The van der Waals surface area contributed by atoms with E-state index in [9.17, 15) is 14.0 Å². The molecule has 21 heavy (non-hydrogen) atoms. The van der Waals surface area contributed by atoms with E-state index in [-0.39, 0.29) is 18.7 Å². The molecule has 0 radical (unpaired) electrons. The van der Waals surface area contributed by atoms with E-state index in [1.807, 2.05) is 0 Å².